The Balaban J connectivity index is 1.85. The van der Waals surface area contributed by atoms with Crippen LogP contribution in [0.4, 0.5) is 0 Å². The van der Waals surface area contributed by atoms with Crippen molar-refractivity contribution in [1.29, 1.82) is 0 Å². The minimum absolute atomic E-state index is 0.0137. The second kappa shape index (κ2) is 6.76. The molecule has 3 nitrogen and oxygen atoms in total. The summed E-state index contributed by atoms with van der Waals surface area (Å²) in [7, 11) is 1.67. The monoisotopic (exact) mass is 249 g/mol. The Morgan fingerprint density at radius 1 is 1.39 bits per heavy atom. The highest BCUT2D eigenvalue weighted by molar-refractivity contribution is 5.30. The van der Waals surface area contributed by atoms with Gasteiger partial charge in [-0.05, 0) is 30.0 Å². The number of rotatable bonds is 7. The van der Waals surface area contributed by atoms with Gasteiger partial charge in [0.2, 0.25) is 0 Å². The smallest absolute Gasteiger partial charge is 0.119 e. The molecule has 1 saturated carbocycles. The van der Waals surface area contributed by atoms with Crippen LogP contribution in [-0.4, -0.2) is 20.3 Å². The summed E-state index contributed by atoms with van der Waals surface area (Å²) in [6.07, 6.45) is 5.28. The molecule has 0 saturated heterocycles. The minimum Gasteiger partial charge on any atom is -0.497 e. The SMILES string of the molecule is COc1cccc(C(CN)OCCC2CCC2)c1. The molecular formula is C15H23NO2. The molecule has 1 fully saturated rings. The number of nitrogens with two attached hydrogens (primary N) is 1. The van der Waals surface area contributed by atoms with E-state index in [9.17, 15) is 0 Å². The Morgan fingerprint density at radius 3 is 2.83 bits per heavy atom. The van der Waals surface area contributed by atoms with Crippen LogP contribution in [0.5, 0.6) is 5.75 Å². The average Bonchev–Trinajstić information content (AvgIpc) is 2.37. The standard InChI is InChI=1S/C15H23NO2/c1-17-14-7-3-6-13(10-14)15(11-16)18-9-8-12-4-2-5-12/h3,6-7,10,12,15H,2,4-5,8-9,11,16H2,1H3. The fraction of sp³-hybridized carbons (Fsp3) is 0.600. The van der Waals surface area contributed by atoms with Gasteiger partial charge in [0.25, 0.3) is 0 Å². The van der Waals surface area contributed by atoms with Gasteiger partial charge in [0, 0.05) is 13.2 Å². The van der Waals surface area contributed by atoms with Gasteiger partial charge >= 0.3 is 0 Å². The van der Waals surface area contributed by atoms with Gasteiger partial charge in [-0.3, -0.25) is 0 Å². The number of ether oxygens (including phenoxy) is 2. The van der Waals surface area contributed by atoms with Crippen LogP contribution < -0.4 is 10.5 Å². The van der Waals surface area contributed by atoms with E-state index in [0.29, 0.717) is 6.54 Å². The van der Waals surface area contributed by atoms with Crippen molar-refractivity contribution in [2.45, 2.75) is 31.8 Å². The van der Waals surface area contributed by atoms with E-state index >= 15 is 0 Å². The zero-order chi connectivity index (χ0) is 12.8. The van der Waals surface area contributed by atoms with E-state index in [-0.39, 0.29) is 6.10 Å². The van der Waals surface area contributed by atoms with E-state index < -0.39 is 0 Å². The van der Waals surface area contributed by atoms with Crippen LogP contribution in [0.15, 0.2) is 24.3 Å². The molecule has 100 valence electrons. The first-order valence-electron chi connectivity index (χ1n) is 6.79. The average molecular weight is 249 g/mol. The van der Waals surface area contributed by atoms with Crippen molar-refractivity contribution >= 4 is 0 Å². The van der Waals surface area contributed by atoms with Crippen LogP contribution in [0.25, 0.3) is 0 Å². The maximum Gasteiger partial charge on any atom is 0.119 e. The quantitative estimate of drug-likeness (QED) is 0.808. The van der Waals surface area contributed by atoms with E-state index in [4.69, 9.17) is 15.2 Å². The summed E-state index contributed by atoms with van der Waals surface area (Å²) < 4.78 is 11.1. The van der Waals surface area contributed by atoms with Gasteiger partial charge < -0.3 is 15.2 Å². The highest BCUT2D eigenvalue weighted by Gasteiger charge is 2.18. The summed E-state index contributed by atoms with van der Waals surface area (Å²) in [4.78, 5) is 0. The molecule has 18 heavy (non-hydrogen) atoms. The molecule has 0 amide bonds. The first-order valence-corrected chi connectivity index (χ1v) is 6.79. The molecule has 0 heterocycles. The van der Waals surface area contributed by atoms with Crippen LogP contribution >= 0.6 is 0 Å². The third-order valence-corrected chi connectivity index (χ3v) is 3.75. The number of benzene rings is 1. The van der Waals surface area contributed by atoms with Crippen molar-refractivity contribution in [2.24, 2.45) is 11.7 Å². The Hall–Kier alpha value is -1.06. The normalized spacial score (nSPS) is 17.2. The molecule has 0 aliphatic heterocycles. The molecule has 0 aromatic heterocycles. The molecule has 3 heteroatoms. The molecule has 1 aromatic rings. The minimum atomic E-state index is -0.0137. The van der Waals surface area contributed by atoms with Crippen molar-refractivity contribution in [3.05, 3.63) is 29.8 Å². The Bertz CT molecular complexity index is 363. The second-order valence-electron chi connectivity index (χ2n) is 4.96. The van der Waals surface area contributed by atoms with Crippen LogP contribution in [0.3, 0.4) is 0 Å². The van der Waals surface area contributed by atoms with Gasteiger partial charge in [-0.1, -0.05) is 31.4 Å². The van der Waals surface area contributed by atoms with E-state index in [0.717, 1.165) is 23.8 Å². The molecule has 2 N–H and O–H groups in total. The van der Waals surface area contributed by atoms with Gasteiger partial charge in [0.05, 0.1) is 13.2 Å². The Labute approximate surface area is 109 Å². The lowest BCUT2D eigenvalue weighted by Crippen LogP contribution is -2.19. The zero-order valence-corrected chi connectivity index (χ0v) is 11.1. The van der Waals surface area contributed by atoms with Gasteiger partial charge in [-0.25, -0.2) is 0 Å². The molecule has 0 radical (unpaired) electrons. The van der Waals surface area contributed by atoms with Crippen molar-refractivity contribution in [3.8, 4) is 5.75 Å². The predicted molar refractivity (Wildman–Crippen MR) is 72.7 cm³/mol. The van der Waals surface area contributed by atoms with E-state index in [1.165, 1.54) is 25.7 Å². The summed E-state index contributed by atoms with van der Waals surface area (Å²) in [6.45, 7) is 1.32. The van der Waals surface area contributed by atoms with E-state index in [2.05, 4.69) is 0 Å². The molecule has 2 rings (SSSR count). The van der Waals surface area contributed by atoms with Crippen molar-refractivity contribution < 1.29 is 9.47 Å². The predicted octanol–water partition coefficient (Wildman–Crippen LogP) is 2.90. The summed E-state index contributed by atoms with van der Waals surface area (Å²) in [6, 6.07) is 7.96. The lowest BCUT2D eigenvalue weighted by atomic mass is 9.83. The molecular weight excluding hydrogens is 226 g/mol. The van der Waals surface area contributed by atoms with Gasteiger partial charge in [-0.2, -0.15) is 0 Å². The van der Waals surface area contributed by atoms with E-state index in [1.54, 1.807) is 7.11 Å². The van der Waals surface area contributed by atoms with Crippen LogP contribution in [0.1, 0.15) is 37.4 Å². The lowest BCUT2D eigenvalue weighted by Gasteiger charge is -2.26. The molecule has 1 aliphatic carbocycles. The van der Waals surface area contributed by atoms with Gasteiger partial charge in [-0.15, -0.1) is 0 Å². The fourth-order valence-electron chi connectivity index (χ4n) is 2.30. The topological polar surface area (TPSA) is 44.5 Å². The van der Waals surface area contributed by atoms with Crippen LogP contribution in [0, 0.1) is 5.92 Å². The lowest BCUT2D eigenvalue weighted by molar-refractivity contribution is 0.0423. The molecule has 1 atom stereocenters. The van der Waals surface area contributed by atoms with Crippen LogP contribution in [0.2, 0.25) is 0 Å². The summed E-state index contributed by atoms with van der Waals surface area (Å²) in [5, 5.41) is 0. The number of hydrogen-bond donors (Lipinski definition) is 1. The molecule has 1 unspecified atom stereocenters. The largest absolute Gasteiger partial charge is 0.497 e. The summed E-state index contributed by atoms with van der Waals surface area (Å²) >= 11 is 0. The van der Waals surface area contributed by atoms with Crippen LogP contribution in [-0.2, 0) is 4.74 Å². The third kappa shape index (κ3) is 3.47. The maximum absolute atomic E-state index is 5.90. The summed E-state index contributed by atoms with van der Waals surface area (Å²) in [5.74, 6) is 1.74. The first kappa shape index (κ1) is 13.4. The molecule has 1 aromatic carbocycles. The van der Waals surface area contributed by atoms with Gasteiger partial charge in [0.1, 0.15) is 5.75 Å². The summed E-state index contributed by atoms with van der Waals surface area (Å²) in [5.41, 5.74) is 6.90. The van der Waals surface area contributed by atoms with Gasteiger partial charge in [0.15, 0.2) is 0 Å². The Morgan fingerprint density at radius 2 is 2.22 bits per heavy atom. The maximum atomic E-state index is 5.90. The van der Waals surface area contributed by atoms with Crippen molar-refractivity contribution in [1.82, 2.24) is 0 Å². The molecule has 0 bridgehead atoms. The van der Waals surface area contributed by atoms with E-state index in [1.807, 2.05) is 24.3 Å². The highest BCUT2D eigenvalue weighted by atomic mass is 16.5. The Kier molecular flexibility index (Phi) is 5.02. The highest BCUT2D eigenvalue weighted by Crippen LogP contribution is 2.30. The van der Waals surface area contributed by atoms with Crippen molar-refractivity contribution in [3.63, 3.8) is 0 Å². The second-order valence-corrected chi connectivity index (χ2v) is 4.96. The number of methoxy groups -OCH3 is 1. The molecule has 1 aliphatic rings. The zero-order valence-electron chi connectivity index (χ0n) is 11.1. The molecule has 0 spiro atoms. The van der Waals surface area contributed by atoms with Crippen molar-refractivity contribution in [2.75, 3.05) is 20.3 Å². The number of hydrogen-bond acceptors (Lipinski definition) is 3. The third-order valence-electron chi connectivity index (χ3n) is 3.75. The first-order chi connectivity index (χ1) is 8.83. The fourth-order valence-corrected chi connectivity index (χ4v) is 2.30.